The Balaban J connectivity index is 1.97. The van der Waals surface area contributed by atoms with Gasteiger partial charge in [0.25, 0.3) is 0 Å². The molecule has 0 aliphatic carbocycles. The van der Waals surface area contributed by atoms with Gasteiger partial charge in [0.2, 0.25) is 5.95 Å². The monoisotopic (exact) mass is 367 g/mol. The number of carboxylic acids is 1. The number of hydrogen-bond donors (Lipinski definition) is 3. The number of nitrogens with zero attached hydrogens (tertiary/aromatic N) is 3. The van der Waals surface area contributed by atoms with Gasteiger partial charge in [0.1, 0.15) is 12.4 Å². The zero-order valence-electron chi connectivity index (χ0n) is 14.0. The van der Waals surface area contributed by atoms with Crippen molar-refractivity contribution in [3.05, 3.63) is 54.7 Å². The Labute approximate surface area is 154 Å². The summed E-state index contributed by atoms with van der Waals surface area (Å²) in [5, 5.41) is 14.9. The lowest BCUT2D eigenvalue weighted by atomic mass is 10.2. The number of thioether (sulfide) groups is 1. The van der Waals surface area contributed by atoms with Crippen molar-refractivity contribution in [2.24, 2.45) is 0 Å². The van der Waals surface area contributed by atoms with Crippen LogP contribution in [-0.4, -0.2) is 38.8 Å². The molecular weight excluding hydrogens is 350 g/mol. The molecule has 0 fully saturated rings. The second kappa shape index (κ2) is 8.30. The highest BCUT2D eigenvalue weighted by atomic mass is 32.2. The van der Waals surface area contributed by atoms with Crippen LogP contribution in [-0.2, 0) is 4.79 Å². The van der Waals surface area contributed by atoms with Crippen molar-refractivity contribution in [2.45, 2.75) is 4.90 Å². The summed E-state index contributed by atoms with van der Waals surface area (Å²) in [6.45, 7) is -0.271. The van der Waals surface area contributed by atoms with Crippen molar-refractivity contribution in [2.75, 3.05) is 23.4 Å². The normalized spacial score (nSPS) is 10.3. The van der Waals surface area contributed by atoms with Gasteiger partial charge in [0.05, 0.1) is 17.1 Å². The number of aromatic nitrogens is 3. The molecule has 3 rings (SSSR count). The number of pyridine rings is 1. The highest BCUT2D eigenvalue weighted by Crippen LogP contribution is 2.28. The molecule has 0 atom stereocenters. The summed E-state index contributed by atoms with van der Waals surface area (Å²) in [7, 11) is 0. The molecule has 0 aliphatic heterocycles. The van der Waals surface area contributed by atoms with Crippen molar-refractivity contribution >= 4 is 35.2 Å². The molecule has 2 aromatic heterocycles. The molecule has 0 bridgehead atoms. The molecule has 0 saturated carbocycles. The van der Waals surface area contributed by atoms with Gasteiger partial charge in [-0.2, -0.15) is 4.98 Å². The molecule has 0 radical (unpaired) electrons. The van der Waals surface area contributed by atoms with E-state index in [0.717, 1.165) is 10.6 Å². The first-order valence-electron chi connectivity index (χ1n) is 7.82. The van der Waals surface area contributed by atoms with E-state index in [2.05, 4.69) is 25.6 Å². The van der Waals surface area contributed by atoms with Crippen molar-refractivity contribution < 1.29 is 9.90 Å². The summed E-state index contributed by atoms with van der Waals surface area (Å²) >= 11 is 1.62. The standard InChI is InChI=1S/C18H17N5O2S/c1-26-15-8-3-2-7-13(15)21-16-10-14(12-6-4-5-9-19-12)22-18(23-16)20-11-17(24)25/h2-10H,11H2,1H3,(H,24,25)(H2,20,21,22,23). The maximum Gasteiger partial charge on any atom is 0.322 e. The number of nitrogens with one attached hydrogen (secondary N) is 2. The second-order valence-corrected chi connectivity index (χ2v) is 6.10. The van der Waals surface area contributed by atoms with Crippen LogP contribution >= 0.6 is 11.8 Å². The van der Waals surface area contributed by atoms with Crippen LogP contribution in [0.4, 0.5) is 17.5 Å². The summed E-state index contributed by atoms with van der Waals surface area (Å²) in [6.07, 6.45) is 3.68. The van der Waals surface area contributed by atoms with E-state index in [1.54, 1.807) is 24.0 Å². The fraction of sp³-hybridized carbons (Fsp3) is 0.111. The molecule has 8 heteroatoms. The Kier molecular flexibility index (Phi) is 5.65. The van der Waals surface area contributed by atoms with E-state index in [9.17, 15) is 4.79 Å². The van der Waals surface area contributed by atoms with Gasteiger partial charge in [0, 0.05) is 17.2 Å². The Morgan fingerprint density at radius 2 is 1.92 bits per heavy atom. The van der Waals surface area contributed by atoms with E-state index >= 15 is 0 Å². The van der Waals surface area contributed by atoms with E-state index in [1.165, 1.54) is 0 Å². The molecule has 0 amide bonds. The zero-order chi connectivity index (χ0) is 18.4. The minimum absolute atomic E-state index is 0.222. The number of aliphatic carboxylic acids is 1. The van der Waals surface area contributed by atoms with Crippen molar-refractivity contribution in [1.82, 2.24) is 15.0 Å². The highest BCUT2D eigenvalue weighted by Gasteiger charge is 2.10. The van der Waals surface area contributed by atoms with Gasteiger partial charge >= 0.3 is 5.97 Å². The topological polar surface area (TPSA) is 100 Å². The molecule has 3 N–H and O–H groups in total. The largest absolute Gasteiger partial charge is 0.480 e. The van der Waals surface area contributed by atoms with E-state index in [-0.39, 0.29) is 12.5 Å². The number of carboxylic acid groups (broad SMARTS) is 1. The van der Waals surface area contributed by atoms with Crippen LogP contribution in [0, 0.1) is 0 Å². The van der Waals surface area contributed by atoms with E-state index in [0.29, 0.717) is 17.2 Å². The number of anilines is 3. The molecule has 2 heterocycles. The van der Waals surface area contributed by atoms with Crippen LogP contribution in [0.15, 0.2) is 59.6 Å². The van der Waals surface area contributed by atoms with Crippen LogP contribution in [0.25, 0.3) is 11.4 Å². The molecule has 7 nitrogen and oxygen atoms in total. The third-order valence-corrected chi connectivity index (χ3v) is 4.22. The summed E-state index contributed by atoms with van der Waals surface area (Å²) in [6, 6.07) is 15.2. The first-order chi connectivity index (χ1) is 12.7. The number of para-hydroxylation sites is 1. The first-order valence-corrected chi connectivity index (χ1v) is 9.04. The molecule has 132 valence electrons. The molecule has 0 saturated heterocycles. The van der Waals surface area contributed by atoms with Gasteiger partial charge in [-0.25, -0.2) is 4.98 Å². The number of benzene rings is 1. The zero-order valence-corrected chi connectivity index (χ0v) is 14.8. The molecule has 0 spiro atoms. The average Bonchev–Trinajstić information content (AvgIpc) is 2.67. The maximum atomic E-state index is 10.8. The molecule has 26 heavy (non-hydrogen) atoms. The lowest BCUT2D eigenvalue weighted by Gasteiger charge is -2.12. The van der Waals surface area contributed by atoms with Crippen molar-refractivity contribution in [1.29, 1.82) is 0 Å². The van der Waals surface area contributed by atoms with Crippen molar-refractivity contribution in [3.8, 4) is 11.4 Å². The van der Waals surface area contributed by atoms with Gasteiger partial charge in [-0.15, -0.1) is 11.8 Å². The van der Waals surface area contributed by atoms with Crippen molar-refractivity contribution in [3.63, 3.8) is 0 Å². The van der Waals surface area contributed by atoms with Crippen LogP contribution in [0.3, 0.4) is 0 Å². The van der Waals surface area contributed by atoms with E-state index in [4.69, 9.17) is 5.11 Å². The average molecular weight is 367 g/mol. The molecule has 0 aliphatic rings. The van der Waals surface area contributed by atoms with Crippen LogP contribution in [0.5, 0.6) is 0 Å². The molecule has 0 unspecified atom stereocenters. The molecular formula is C18H17N5O2S. The third kappa shape index (κ3) is 4.48. The number of carbonyl (C=O) groups is 1. The highest BCUT2D eigenvalue weighted by molar-refractivity contribution is 7.98. The minimum Gasteiger partial charge on any atom is -0.480 e. The van der Waals surface area contributed by atoms with Crippen LogP contribution in [0.1, 0.15) is 0 Å². The van der Waals surface area contributed by atoms with Crippen LogP contribution in [0.2, 0.25) is 0 Å². The predicted molar refractivity (Wildman–Crippen MR) is 103 cm³/mol. The van der Waals surface area contributed by atoms with Gasteiger partial charge in [-0.3, -0.25) is 9.78 Å². The summed E-state index contributed by atoms with van der Waals surface area (Å²) in [5.41, 5.74) is 2.18. The third-order valence-electron chi connectivity index (χ3n) is 3.42. The fourth-order valence-corrected chi connectivity index (χ4v) is 2.83. The second-order valence-electron chi connectivity index (χ2n) is 5.25. The predicted octanol–water partition coefficient (Wildman–Crippen LogP) is 3.50. The molecule has 1 aromatic carbocycles. The first kappa shape index (κ1) is 17.7. The minimum atomic E-state index is -0.987. The van der Waals surface area contributed by atoms with Gasteiger partial charge in [-0.1, -0.05) is 18.2 Å². The summed E-state index contributed by atoms with van der Waals surface area (Å²) in [4.78, 5) is 24.9. The van der Waals surface area contributed by atoms with Gasteiger partial charge < -0.3 is 15.7 Å². The Hall–Kier alpha value is -3.13. The Morgan fingerprint density at radius 3 is 2.65 bits per heavy atom. The lowest BCUT2D eigenvalue weighted by Crippen LogP contribution is -2.15. The smallest absolute Gasteiger partial charge is 0.322 e. The van der Waals surface area contributed by atoms with Gasteiger partial charge in [0.15, 0.2) is 0 Å². The Bertz CT molecular complexity index is 905. The number of rotatable bonds is 7. The van der Waals surface area contributed by atoms with Gasteiger partial charge in [-0.05, 0) is 30.5 Å². The quantitative estimate of drug-likeness (QED) is 0.546. The summed E-state index contributed by atoms with van der Waals surface area (Å²) in [5.74, 6) is -0.214. The van der Waals surface area contributed by atoms with E-state index < -0.39 is 5.97 Å². The fourth-order valence-electron chi connectivity index (χ4n) is 2.28. The maximum absolute atomic E-state index is 10.8. The van der Waals surface area contributed by atoms with E-state index in [1.807, 2.05) is 48.7 Å². The molecule has 3 aromatic rings. The Morgan fingerprint density at radius 1 is 1.12 bits per heavy atom. The SMILES string of the molecule is CSc1ccccc1Nc1cc(-c2ccccn2)nc(NCC(=O)O)n1. The lowest BCUT2D eigenvalue weighted by molar-refractivity contribution is -0.134. The number of hydrogen-bond acceptors (Lipinski definition) is 7. The van der Waals surface area contributed by atoms with Crippen LogP contribution < -0.4 is 10.6 Å². The summed E-state index contributed by atoms with van der Waals surface area (Å²) < 4.78 is 0.